The highest BCUT2D eigenvalue weighted by Crippen LogP contribution is 2.32. The summed E-state index contributed by atoms with van der Waals surface area (Å²) in [5.74, 6) is 0.831. The summed E-state index contributed by atoms with van der Waals surface area (Å²) in [6.07, 6.45) is 2.55. The van der Waals surface area contributed by atoms with Crippen LogP contribution in [-0.4, -0.2) is 20.6 Å². The Bertz CT molecular complexity index is 597. The van der Waals surface area contributed by atoms with Gasteiger partial charge in [0.2, 0.25) is 0 Å². The molecule has 0 amide bonds. The first kappa shape index (κ1) is 10.3. The first-order valence-corrected chi connectivity index (χ1v) is 5.85. The second-order valence-electron chi connectivity index (χ2n) is 4.72. The van der Waals surface area contributed by atoms with E-state index in [9.17, 15) is 4.79 Å². The van der Waals surface area contributed by atoms with Crippen LogP contribution in [0.15, 0.2) is 18.2 Å². The van der Waals surface area contributed by atoms with Crippen molar-refractivity contribution < 1.29 is 9.90 Å². The second kappa shape index (κ2) is 3.58. The molecule has 1 N–H and O–H groups in total. The highest BCUT2D eigenvalue weighted by atomic mass is 16.4. The van der Waals surface area contributed by atoms with Crippen LogP contribution in [0.1, 0.15) is 29.0 Å². The zero-order chi connectivity index (χ0) is 12.0. The molecule has 88 valence electrons. The van der Waals surface area contributed by atoms with Crippen molar-refractivity contribution in [2.45, 2.75) is 26.3 Å². The molecule has 1 aromatic heterocycles. The van der Waals surface area contributed by atoms with Gasteiger partial charge < -0.3 is 9.67 Å². The monoisotopic (exact) mass is 230 g/mol. The van der Waals surface area contributed by atoms with Gasteiger partial charge in [-0.1, -0.05) is 0 Å². The molecule has 0 radical (unpaired) electrons. The van der Waals surface area contributed by atoms with Crippen LogP contribution in [-0.2, 0) is 6.54 Å². The average Bonchev–Trinajstić information content (AvgIpc) is 3.04. The Labute approximate surface area is 98.9 Å². The molecule has 0 unspecified atom stereocenters. The molecule has 3 rings (SSSR count). The minimum absolute atomic E-state index is 0.328. The van der Waals surface area contributed by atoms with Gasteiger partial charge in [-0.25, -0.2) is 9.78 Å². The van der Waals surface area contributed by atoms with Gasteiger partial charge in [-0.2, -0.15) is 0 Å². The van der Waals surface area contributed by atoms with Crippen molar-refractivity contribution in [3.8, 4) is 0 Å². The largest absolute Gasteiger partial charge is 0.478 e. The number of aromatic carboxylic acids is 1. The lowest BCUT2D eigenvalue weighted by Gasteiger charge is -2.05. The number of rotatable bonds is 3. The third-order valence-corrected chi connectivity index (χ3v) is 3.32. The smallest absolute Gasteiger partial charge is 0.335 e. The van der Waals surface area contributed by atoms with Gasteiger partial charge in [0.25, 0.3) is 0 Å². The van der Waals surface area contributed by atoms with E-state index in [-0.39, 0.29) is 0 Å². The van der Waals surface area contributed by atoms with E-state index in [4.69, 9.17) is 5.11 Å². The molecular formula is C13H14N2O2. The predicted octanol–water partition coefficient (Wildman–Crippen LogP) is 2.45. The predicted molar refractivity (Wildman–Crippen MR) is 64.2 cm³/mol. The van der Waals surface area contributed by atoms with Gasteiger partial charge in [-0.05, 0) is 43.9 Å². The van der Waals surface area contributed by atoms with Crippen LogP contribution in [0.4, 0.5) is 0 Å². The van der Waals surface area contributed by atoms with Gasteiger partial charge in [-0.3, -0.25) is 0 Å². The molecule has 1 aromatic carbocycles. The lowest BCUT2D eigenvalue weighted by Crippen LogP contribution is -2.03. The summed E-state index contributed by atoms with van der Waals surface area (Å²) in [6.45, 7) is 2.94. The molecule has 1 heterocycles. The van der Waals surface area contributed by atoms with Gasteiger partial charge in [0, 0.05) is 6.54 Å². The van der Waals surface area contributed by atoms with E-state index in [0.717, 1.165) is 29.3 Å². The van der Waals surface area contributed by atoms with Crippen molar-refractivity contribution in [3.05, 3.63) is 29.6 Å². The fourth-order valence-corrected chi connectivity index (χ4v) is 2.17. The van der Waals surface area contributed by atoms with Crippen molar-refractivity contribution in [3.63, 3.8) is 0 Å². The van der Waals surface area contributed by atoms with E-state index in [2.05, 4.69) is 9.55 Å². The molecule has 1 aliphatic rings. The molecule has 0 aliphatic heterocycles. The number of aromatic nitrogens is 2. The number of hydrogen-bond donors (Lipinski definition) is 1. The van der Waals surface area contributed by atoms with Crippen molar-refractivity contribution in [2.75, 3.05) is 0 Å². The Balaban J connectivity index is 2.13. The summed E-state index contributed by atoms with van der Waals surface area (Å²) >= 11 is 0. The highest BCUT2D eigenvalue weighted by molar-refractivity contribution is 5.92. The fourth-order valence-electron chi connectivity index (χ4n) is 2.17. The summed E-state index contributed by atoms with van der Waals surface area (Å²) in [6, 6.07) is 5.12. The maximum absolute atomic E-state index is 11.0. The molecule has 1 fully saturated rings. The molecule has 4 nitrogen and oxygen atoms in total. The quantitative estimate of drug-likeness (QED) is 0.881. The van der Waals surface area contributed by atoms with Gasteiger partial charge in [-0.15, -0.1) is 0 Å². The number of hydrogen-bond acceptors (Lipinski definition) is 2. The zero-order valence-corrected chi connectivity index (χ0v) is 9.68. The summed E-state index contributed by atoms with van der Waals surface area (Å²) in [4.78, 5) is 15.4. The Morgan fingerprint density at radius 2 is 2.29 bits per heavy atom. The molecule has 4 heteroatoms. The molecule has 1 aliphatic carbocycles. The third kappa shape index (κ3) is 1.79. The number of nitrogens with zero attached hydrogens (tertiary/aromatic N) is 2. The van der Waals surface area contributed by atoms with Gasteiger partial charge in [0.1, 0.15) is 5.82 Å². The zero-order valence-electron chi connectivity index (χ0n) is 9.68. The summed E-state index contributed by atoms with van der Waals surface area (Å²) in [5.41, 5.74) is 2.15. The van der Waals surface area contributed by atoms with Crippen LogP contribution < -0.4 is 0 Å². The molecule has 0 saturated heterocycles. The van der Waals surface area contributed by atoms with Crippen LogP contribution in [0.25, 0.3) is 11.0 Å². The Morgan fingerprint density at radius 1 is 1.53 bits per heavy atom. The number of benzene rings is 1. The maximum Gasteiger partial charge on any atom is 0.335 e. The number of carbonyl (C=O) groups is 1. The molecule has 2 aromatic rings. The molecule has 0 bridgehead atoms. The van der Waals surface area contributed by atoms with Crippen LogP contribution in [0.2, 0.25) is 0 Å². The van der Waals surface area contributed by atoms with Crippen molar-refractivity contribution in [1.82, 2.24) is 9.55 Å². The summed E-state index contributed by atoms with van der Waals surface area (Å²) in [5, 5.41) is 9.01. The van der Waals surface area contributed by atoms with Gasteiger partial charge in [0.05, 0.1) is 16.6 Å². The van der Waals surface area contributed by atoms with E-state index < -0.39 is 5.97 Å². The number of carboxylic acid groups (broad SMARTS) is 1. The Kier molecular flexibility index (Phi) is 2.18. The molecule has 0 spiro atoms. The number of fused-ring (bicyclic) bond motifs is 1. The normalized spacial score (nSPS) is 15.4. The second-order valence-corrected chi connectivity index (χ2v) is 4.72. The van der Waals surface area contributed by atoms with E-state index in [1.54, 1.807) is 18.2 Å². The first-order chi connectivity index (χ1) is 8.15. The van der Waals surface area contributed by atoms with Crippen molar-refractivity contribution in [1.29, 1.82) is 0 Å². The van der Waals surface area contributed by atoms with E-state index >= 15 is 0 Å². The van der Waals surface area contributed by atoms with Crippen LogP contribution in [0.5, 0.6) is 0 Å². The van der Waals surface area contributed by atoms with Crippen LogP contribution in [0.3, 0.4) is 0 Å². The van der Waals surface area contributed by atoms with Crippen molar-refractivity contribution >= 4 is 17.0 Å². The standard InChI is InChI=1S/C13H14N2O2/c1-8-14-11-5-4-10(13(16)17)6-12(11)15(8)7-9-2-3-9/h4-6,9H,2-3,7H2,1H3,(H,16,17). The van der Waals surface area contributed by atoms with Crippen LogP contribution >= 0.6 is 0 Å². The average molecular weight is 230 g/mol. The molecule has 0 atom stereocenters. The van der Waals surface area contributed by atoms with E-state index in [1.807, 2.05) is 6.92 Å². The lowest BCUT2D eigenvalue weighted by atomic mass is 10.2. The number of aryl methyl sites for hydroxylation is 1. The summed E-state index contributed by atoms with van der Waals surface area (Å²) in [7, 11) is 0. The van der Waals surface area contributed by atoms with E-state index in [0.29, 0.717) is 5.56 Å². The molecule has 17 heavy (non-hydrogen) atoms. The molecular weight excluding hydrogens is 216 g/mol. The Hall–Kier alpha value is -1.84. The van der Waals surface area contributed by atoms with E-state index in [1.165, 1.54) is 12.8 Å². The minimum atomic E-state index is -0.885. The lowest BCUT2D eigenvalue weighted by molar-refractivity contribution is 0.0697. The fraction of sp³-hybridized carbons (Fsp3) is 0.385. The molecule has 1 saturated carbocycles. The first-order valence-electron chi connectivity index (χ1n) is 5.85. The number of carboxylic acids is 1. The van der Waals surface area contributed by atoms with Gasteiger partial charge >= 0.3 is 5.97 Å². The summed E-state index contributed by atoms with van der Waals surface area (Å²) < 4.78 is 2.14. The topological polar surface area (TPSA) is 55.1 Å². The Morgan fingerprint density at radius 3 is 2.94 bits per heavy atom. The number of imidazole rings is 1. The third-order valence-electron chi connectivity index (χ3n) is 3.32. The van der Waals surface area contributed by atoms with Crippen molar-refractivity contribution in [2.24, 2.45) is 5.92 Å². The highest BCUT2D eigenvalue weighted by Gasteiger charge is 2.23. The minimum Gasteiger partial charge on any atom is -0.478 e. The SMILES string of the molecule is Cc1nc2ccc(C(=O)O)cc2n1CC1CC1. The maximum atomic E-state index is 11.0. The van der Waals surface area contributed by atoms with Crippen LogP contribution in [0, 0.1) is 12.8 Å². The van der Waals surface area contributed by atoms with Gasteiger partial charge in [0.15, 0.2) is 0 Å².